The van der Waals surface area contributed by atoms with Crippen LogP contribution in [0.3, 0.4) is 0 Å². The molecule has 0 radical (unpaired) electrons. The van der Waals surface area contributed by atoms with Gasteiger partial charge >= 0.3 is 0 Å². The predicted octanol–water partition coefficient (Wildman–Crippen LogP) is 1.88. The highest BCUT2D eigenvalue weighted by Gasteiger charge is 2.16. The van der Waals surface area contributed by atoms with Crippen LogP contribution in [0.1, 0.15) is 40.0 Å². The van der Waals surface area contributed by atoms with Gasteiger partial charge in [-0.05, 0) is 59.3 Å². The second kappa shape index (κ2) is 8.04. The van der Waals surface area contributed by atoms with E-state index in [2.05, 4.69) is 31.0 Å². The van der Waals surface area contributed by atoms with Crippen LogP contribution in [0.25, 0.3) is 0 Å². The zero-order valence-corrected chi connectivity index (χ0v) is 11.2. The summed E-state index contributed by atoms with van der Waals surface area (Å²) in [6, 6.07) is 0.738. The van der Waals surface area contributed by atoms with Gasteiger partial charge in [-0.25, -0.2) is 0 Å². The summed E-state index contributed by atoms with van der Waals surface area (Å²) in [5, 5.41) is 3.63. The third kappa shape index (κ3) is 5.83. The largest absolute Gasteiger partial charge is 0.379 e. The first-order valence-corrected chi connectivity index (χ1v) is 6.79. The SMILES string of the molecule is CCN1CCC(NCCCOC(C)C)CC1. The van der Waals surface area contributed by atoms with Crippen LogP contribution in [0.2, 0.25) is 0 Å². The molecule has 0 bridgehead atoms. The lowest BCUT2D eigenvalue weighted by molar-refractivity contribution is 0.0761. The zero-order chi connectivity index (χ0) is 11.8. The molecular weight excluding hydrogens is 200 g/mol. The summed E-state index contributed by atoms with van der Waals surface area (Å²) in [5.74, 6) is 0. The minimum Gasteiger partial charge on any atom is -0.379 e. The van der Waals surface area contributed by atoms with Crippen molar-refractivity contribution >= 4 is 0 Å². The van der Waals surface area contributed by atoms with Crippen LogP contribution in [0.4, 0.5) is 0 Å². The predicted molar refractivity (Wildman–Crippen MR) is 68.8 cm³/mol. The highest BCUT2D eigenvalue weighted by molar-refractivity contribution is 4.76. The van der Waals surface area contributed by atoms with Crippen LogP contribution in [-0.2, 0) is 4.74 Å². The summed E-state index contributed by atoms with van der Waals surface area (Å²) in [6.07, 6.45) is 4.11. The van der Waals surface area contributed by atoms with Crippen LogP contribution in [0.15, 0.2) is 0 Å². The number of piperidine rings is 1. The van der Waals surface area contributed by atoms with Crippen LogP contribution in [-0.4, -0.2) is 49.8 Å². The molecule has 0 saturated carbocycles. The smallest absolute Gasteiger partial charge is 0.0518 e. The van der Waals surface area contributed by atoms with Crippen molar-refractivity contribution in [1.82, 2.24) is 10.2 Å². The fraction of sp³-hybridized carbons (Fsp3) is 1.00. The van der Waals surface area contributed by atoms with Gasteiger partial charge in [-0.2, -0.15) is 0 Å². The number of likely N-dealkylation sites (tertiary alicyclic amines) is 1. The first-order valence-electron chi connectivity index (χ1n) is 6.79. The topological polar surface area (TPSA) is 24.5 Å². The summed E-state index contributed by atoms with van der Waals surface area (Å²) >= 11 is 0. The molecular formula is C13H28N2O. The average Bonchev–Trinajstić information content (AvgIpc) is 2.29. The monoisotopic (exact) mass is 228 g/mol. The van der Waals surface area contributed by atoms with Crippen molar-refractivity contribution in [1.29, 1.82) is 0 Å². The fourth-order valence-electron chi connectivity index (χ4n) is 2.15. The Balaban J connectivity index is 1.94. The third-order valence-corrected chi connectivity index (χ3v) is 3.24. The maximum absolute atomic E-state index is 5.52. The Kier molecular flexibility index (Phi) is 7.01. The Morgan fingerprint density at radius 1 is 1.31 bits per heavy atom. The van der Waals surface area contributed by atoms with Crippen molar-refractivity contribution < 1.29 is 4.74 Å². The van der Waals surface area contributed by atoms with E-state index in [-0.39, 0.29) is 0 Å². The molecule has 0 aliphatic carbocycles. The normalized spacial score (nSPS) is 19.5. The van der Waals surface area contributed by atoms with Crippen molar-refractivity contribution in [2.24, 2.45) is 0 Å². The molecule has 0 aromatic carbocycles. The lowest BCUT2D eigenvalue weighted by Gasteiger charge is -2.31. The summed E-state index contributed by atoms with van der Waals surface area (Å²) in [6.45, 7) is 12.1. The van der Waals surface area contributed by atoms with Gasteiger partial charge in [-0.1, -0.05) is 6.92 Å². The second-order valence-corrected chi connectivity index (χ2v) is 4.94. The van der Waals surface area contributed by atoms with Crippen molar-refractivity contribution in [3.8, 4) is 0 Å². The van der Waals surface area contributed by atoms with E-state index in [1.807, 2.05) is 0 Å². The number of rotatable bonds is 7. The molecule has 0 unspecified atom stereocenters. The molecule has 16 heavy (non-hydrogen) atoms. The molecule has 0 spiro atoms. The van der Waals surface area contributed by atoms with E-state index in [9.17, 15) is 0 Å². The van der Waals surface area contributed by atoms with E-state index in [1.165, 1.54) is 32.5 Å². The lowest BCUT2D eigenvalue weighted by atomic mass is 10.1. The Labute approximate surface area is 101 Å². The summed E-state index contributed by atoms with van der Waals surface area (Å²) in [4.78, 5) is 2.53. The van der Waals surface area contributed by atoms with Crippen molar-refractivity contribution in [2.45, 2.75) is 52.2 Å². The molecule has 1 rings (SSSR count). The van der Waals surface area contributed by atoms with Crippen molar-refractivity contribution in [3.63, 3.8) is 0 Å². The van der Waals surface area contributed by atoms with E-state index in [0.717, 1.165) is 25.6 Å². The number of nitrogens with zero attached hydrogens (tertiary/aromatic N) is 1. The molecule has 1 aliphatic heterocycles. The quantitative estimate of drug-likeness (QED) is 0.673. The summed E-state index contributed by atoms with van der Waals surface area (Å²) in [5.41, 5.74) is 0. The maximum atomic E-state index is 5.52. The van der Waals surface area contributed by atoms with Crippen LogP contribution >= 0.6 is 0 Å². The van der Waals surface area contributed by atoms with Gasteiger partial charge in [0.1, 0.15) is 0 Å². The summed E-state index contributed by atoms with van der Waals surface area (Å²) < 4.78 is 5.52. The third-order valence-electron chi connectivity index (χ3n) is 3.24. The van der Waals surface area contributed by atoms with E-state index < -0.39 is 0 Å². The average molecular weight is 228 g/mol. The highest BCUT2D eigenvalue weighted by atomic mass is 16.5. The number of ether oxygens (including phenoxy) is 1. The second-order valence-electron chi connectivity index (χ2n) is 4.94. The molecule has 1 N–H and O–H groups in total. The van der Waals surface area contributed by atoms with Gasteiger partial charge < -0.3 is 15.0 Å². The van der Waals surface area contributed by atoms with Gasteiger partial charge in [-0.3, -0.25) is 0 Å². The maximum Gasteiger partial charge on any atom is 0.0518 e. The Hall–Kier alpha value is -0.120. The van der Waals surface area contributed by atoms with E-state index >= 15 is 0 Å². The molecule has 1 heterocycles. The molecule has 1 fully saturated rings. The number of hydrogen-bond donors (Lipinski definition) is 1. The molecule has 0 amide bonds. The first kappa shape index (κ1) is 13.9. The minimum atomic E-state index is 0.368. The Morgan fingerprint density at radius 2 is 2.00 bits per heavy atom. The molecule has 96 valence electrons. The number of hydrogen-bond acceptors (Lipinski definition) is 3. The lowest BCUT2D eigenvalue weighted by Crippen LogP contribution is -2.42. The summed E-state index contributed by atoms with van der Waals surface area (Å²) in [7, 11) is 0. The number of nitrogens with one attached hydrogen (secondary N) is 1. The fourth-order valence-corrected chi connectivity index (χ4v) is 2.15. The highest BCUT2D eigenvalue weighted by Crippen LogP contribution is 2.09. The van der Waals surface area contributed by atoms with Crippen molar-refractivity contribution in [2.75, 3.05) is 32.8 Å². The van der Waals surface area contributed by atoms with Crippen LogP contribution in [0, 0.1) is 0 Å². The molecule has 1 saturated heterocycles. The Morgan fingerprint density at radius 3 is 2.56 bits per heavy atom. The Bertz CT molecular complexity index is 165. The minimum absolute atomic E-state index is 0.368. The molecule has 0 aromatic rings. The van der Waals surface area contributed by atoms with Crippen LogP contribution < -0.4 is 5.32 Å². The van der Waals surface area contributed by atoms with Crippen molar-refractivity contribution in [3.05, 3.63) is 0 Å². The van der Waals surface area contributed by atoms with E-state index in [0.29, 0.717) is 6.10 Å². The van der Waals surface area contributed by atoms with Crippen LogP contribution in [0.5, 0.6) is 0 Å². The molecule has 3 heteroatoms. The van der Waals surface area contributed by atoms with Gasteiger partial charge in [-0.15, -0.1) is 0 Å². The molecule has 1 aliphatic rings. The molecule has 0 aromatic heterocycles. The standard InChI is InChI=1S/C13H28N2O/c1-4-15-9-6-13(7-10-15)14-8-5-11-16-12(2)3/h12-14H,4-11H2,1-3H3. The zero-order valence-electron chi connectivity index (χ0n) is 11.2. The van der Waals surface area contributed by atoms with Gasteiger partial charge in [0.2, 0.25) is 0 Å². The van der Waals surface area contributed by atoms with E-state index in [4.69, 9.17) is 4.74 Å². The van der Waals surface area contributed by atoms with E-state index in [1.54, 1.807) is 0 Å². The van der Waals surface area contributed by atoms with Gasteiger partial charge in [0, 0.05) is 12.6 Å². The molecule has 3 nitrogen and oxygen atoms in total. The van der Waals surface area contributed by atoms with Gasteiger partial charge in [0.25, 0.3) is 0 Å². The van der Waals surface area contributed by atoms with Gasteiger partial charge in [0.05, 0.1) is 6.10 Å². The first-order chi connectivity index (χ1) is 7.72. The van der Waals surface area contributed by atoms with Gasteiger partial charge in [0.15, 0.2) is 0 Å². The molecule has 0 atom stereocenters.